The van der Waals surface area contributed by atoms with Crippen LogP contribution in [0.5, 0.6) is 0 Å². The van der Waals surface area contributed by atoms with Crippen molar-refractivity contribution >= 4 is 5.91 Å². The van der Waals surface area contributed by atoms with Gasteiger partial charge in [0.2, 0.25) is 5.91 Å². The lowest BCUT2D eigenvalue weighted by molar-refractivity contribution is -0.302. The Morgan fingerprint density at radius 1 is 0.430 bits per heavy atom. The highest BCUT2D eigenvalue weighted by Crippen LogP contribution is 2.23. The molecule has 0 aromatic heterocycles. The van der Waals surface area contributed by atoms with Crippen LogP contribution in [-0.2, 0) is 14.3 Å². The molecular formula is C69H133NO9. The maximum absolute atomic E-state index is 13.2. The highest BCUT2D eigenvalue weighted by atomic mass is 16.7. The Hall–Kier alpha value is -1.37. The van der Waals surface area contributed by atoms with Gasteiger partial charge >= 0.3 is 0 Å². The number of unbranched alkanes of at least 4 members (excludes halogenated alkanes) is 48. The molecule has 79 heavy (non-hydrogen) atoms. The number of aliphatic hydroxyl groups excluding tert-OH is 6. The molecule has 8 unspecified atom stereocenters. The zero-order valence-corrected chi connectivity index (χ0v) is 52.0. The third kappa shape index (κ3) is 46.7. The van der Waals surface area contributed by atoms with Crippen LogP contribution in [0, 0.1) is 0 Å². The first-order chi connectivity index (χ1) is 38.8. The van der Waals surface area contributed by atoms with Crippen LogP contribution < -0.4 is 5.32 Å². The van der Waals surface area contributed by atoms with Crippen LogP contribution in [-0.4, -0.2) is 98.7 Å². The molecule has 0 radical (unpaired) electrons. The monoisotopic (exact) mass is 1120 g/mol. The van der Waals surface area contributed by atoms with Gasteiger partial charge in [-0.3, -0.25) is 4.79 Å². The van der Waals surface area contributed by atoms with E-state index < -0.39 is 61.5 Å². The number of hydrogen-bond donors (Lipinski definition) is 7. The normalized spacial score (nSPS) is 19.0. The SMILES string of the molecule is CCCCCCCCCCCC/C=C/CC/C=C/C(O)C(COC1OC(CO)C(O)C(O)C1O)NC(=O)C(O)CCCCCCCCCCCCCCCCCCCCCCCCCCCCCCCCCCCCCCCC. The molecule has 0 spiro atoms. The molecule has 7 N–H and O–H groups in total. The van der Waals surface area contributed by atoms with Crippen molar-refractivity contribution in [2.24, 2.45) is 0 Å². The summed E-state index contributed by atoms with van der Waals surface area (Å²) in [5.41, 5.74) is 0. The largest absolute Gasteiger partial charge is 0.394 e. The summed E-state index contributed by atoms with van der Waals surface area (Å²) in [6.45, 7) is 3.64. The molecule has 8 atom stereocenters. The topological polar surface area (TPSA) is 169 Å². The first-order valence-electron chi connectivity index (χ1n) is 34.7. The third-order valence-corrected chi connectivity index (χ3v) is 16.9. The van der Waals surface area contributed by atoms with Gasteiger partial charge in [-0.1, -0.05) is 340 Å². The van der Waals surface area contributed by atoms with E-state index in [-0.39, 0.29) is 6.61 Å². The van der Waals surface area contributed by atoms with E-state index in [9.17, 15) is 35.4 Å². The van der Waals surface area contributed by atoms with Crippen LogP contribution in [0.25, 0.3) is 0 Å². The predicted molar refractivity (Wildman–Crippen MR) is 333 cm³/mol. The fourth-order valence-corrected chi connectivity index (χ4v) is 11.4. The van der Waals surface area contributed by atoms with Crippen LogP contribution >= 0.6 is 0 Å². The quantitative estimate of drug-likeness (QED) is 0.0232. The van der Waals surface area contributed by atoms with E-state index in [1.807, 2.05) is 6.08 Å². The van der Waals surface area contributed by atoms with Gasteiger partial charge in [0.15, 0.2) is 6.29 Å². The lowest BCUT2D eigenvalue weighted by Gasteiger charge is -2.40. The molecule has 0 saturated carbocycles. The Morgan fingerprint density at radius 2 is 0.747 bits per heavy atom. The van der Waals surface area contributed by atoms with Crippen LogP contribution in [0.1, 0.15) is 348 Å². The Balaban J connectivity index is 2.07. The van der Waals surface area contributed by atoms with Crippen molar-refractivity contribution in [3.05, 3.63) is 24.3 Å². The van der Waals surface area contributed by atoms with Crippen LogP contribution in [0.4, 0.5) is 0 Å². The highest BCUT2D eigenvalue weighted by molar-refractivity contribution is 5.80. The van der Waals surface area contributed by atoms with E-state index in [0.29, 0.717) is 12.8 Å². The van der Waals surface area contributed by atoms with E-state index >= 15 is 0 Å². The summed E-state index contributed by atoms with van der Waals surface area (Å²) in [6, 6.07) is -0.995. The molecule has 0 aromatic rings. The molecular weight excluding hydrogens is 987 g/mol. The second-order valence-electron chi connectivity index (χ2n) is 24.5. The molecule has 1 aliphatic heterocycles. The first-order valence-corrected chi connectivity index (χ1v) is 34.7. The number of allylic oxidation sites excluding steroid dienone is 3. The van der Waals surface area contributed by atoms with Gasteiger partial charge in [0.05, 0.1) is 25.4 Å². The molecule has 1 heterocycles. The average molecular weight is 1120 g/mol. The van der Waals surface area contributed by atoms with Crippen molar-refractivity contribution in [2.75, 3.05) is 13.2 Å². The molecule has 468 valence electrons. The van der Waals surface area contributed by atoms with Gasteiger partial charge in [-0.05, 0) is 32.1 Å². The molecule has 0 aromatic carbocycles. The van der Waals surface area contributed by atoms with Crippen LogP contribution in [0.2, 0.25) is 0 Å². The molecule has 10 nitrogen and oxygen atoms in total. The lowest BCUT2D eigenvalue weighted by atomic mass is 9.99. The van der Waals surface area contributed by atoms with Gasteiger partial charge in [0, 0.05) is 0 Å². The number of carbonyl (C=O) groups is 1. The summed E-state index contributed by atoms with van der Waals surface area (Å²) in [6.07, 6.45) is 66.3. The minimum absolute atomic E-state index is 0.309. The van der Waals surface area contributed by atoms with E-state index in [0.717, 1.165) is 38.5 Å². The molecule has 0 bridgehead atoms. The standard InChI is InChI=1S/C69H133NO9/c1-3-5-7-9-11-13-15-17-19-21-22-23-24-25-26-27-28-29-30-31-32-33-34-35-36-37-38-39-40-41-42-44-46-48-50-52-54-56-58-63(73)68(77)70-61(60-78-69-67(76)66(75)65(74)64(59-71)79-69)62(72)57-55-53-51-49-47-45-43-20-18-16-14-12-10-8-6-4-2/h47,49,55,57,61-67,69,71-76H,3-46,48,50-54,56,58-60H2,1-2H3,(H,70,77)/b49-47+,57-55+. The molecule has 1 fully saturated rings. The molecule has 10 heteroatoms. The zero-order valence-electron chi connectivity index (χ0n) is 52.0. The van der Waals surface area contributed by atoms with Crippen molar-refractivity contribution in [1.82, 2.24) is 5.32 Å². The summed E-state index contributed by atoms with van der Waals surface area (Å²) in [5.74, 6) is -0.619. The average Bonchev–Trinajstić information content (AvgIpc) is 3.45. The van der Waals surface area contributed by atoms with Gasteiger partial charge in [0.1, 0.15) is 30.5 Å². The first kappa shape index (κ1) is 75.6. The van der Waals surface area contributed by atoms with E-state index in [1.54, 1.807) is 6.08 Å². The lowest BCUT2D eigenvalue weighted by Crippen LogP contribution is -2.60. The second kappa shape index (κ2) is 58.4. The van der Waals surface area contributed by atoms with E-state index in [4.69, 9.17) is 9.47 Å². The smallest absolute Gasteiger partial charge is 0.249 e. The Bertz CT molecular complexity index is 1310. The maximum Gasteiger partial charge on any atom is 0.249 e. The summed E-state index contributed by atoms with van der Waals surface area (Å²) in [7, 11) is 0. The Labute approximate surface area is 488 Å². The molecule has 1 aliphatic rings. The van der Waals surface area contributed by atoms with Gasteiger partial charge < -0.3 is 45.4 Å². The number of nitrogens with one attached hydrogen (secondary N) is 1. The van der Waals surface area contributed by atoms with Crippen molar-refractivity contribution < 1.29 is 44.9 Å². The van der Waals surface area contributed by atoms with E-state index in [1.165, 1.54) is 283 Å². The fourth-order valence-electron chi connectivity index (χ4n) is 11.4. The summed E-state index contributed by atoms with van der Waals surface area (Å²) < 4.78 is 11.2. The van der Waals surface area contributed by atoms with Gasteiger partial charge in [-0.15, -0.1) is 0 Å². The van der Waals surface area contributed by atoms with Crippen molar-refractivity contribution in [3.8, 4) is 0 Å². The summed E-state index contributed by atoms with van der Waals surface area (Å²) in [5, 5.41) is 65.1. The highest BCUT2D eigenvalue weighted by Gasteiger charge is 2.44. The Kier molecular flexibility index (Phi) is 55.9. The minimum atomic E-state index is -1.61. The van der Waals surface area contributed by atoms with Crippen LogP contribution in [0.3, 0.4) is 0 Å². The Morgan fingerprint density at radius 3 is 1.10 bits per heavy atom. The second-order valence-corrected chi connectivity index (χ2v) is 24.5. The van der Waals surface area contributed by atoms with Gasteiger partial charge in [-0.25, -0.2) is 0 Å². The fraction of sp³-hybridized carbons (Fsp3) is 0.928. The number of amides is 1. The number of rotatable bonds is 61. The number of aliphatic hydroxyl groups is 6. The molecule has 1 saturated heterocycles. The maximum atomic E-state index is 13.2. The number of ether oxygens (including phenoxy) is 2. The zero-order chi connectivity index (χ0) is 57.3. The van der Waals surface area contributed by atoms with Gasteiger partial charge in [-0.2, -0.15) is 0 Å². The van der Waals surface area contributed by atoms with Crippen molar-refractivity contribution in [1.29, 1.82) is 0 Å². The van der Waals surface area contributed by atoms with Crippen molar-refractivity contribution in [2.45, 2.75) is 397 Å². The number of hydrogen-bond acceptors (Lipinski definition) is 9. The minimum Gasteiger partial charge on any atom is -0.394 e. The van der Waals surface area contributed by atoms with Crippen molar-refractivity contribution in [3.63, 3.8) is 0 Å². The third-order valence-electron chi connectivity index (χ3n) is 16.9. The van der Waals surface area contributed by atoms with E-state index in [2.05, 4.69) is 31.3 Å². The van der Waals surface area contributed by atoms with Crippen LogP contribution in [0.15, 0.2) is 24.3 Å². The summed E-state index contributed by atoms with van der Waals surface area (Å²) >= 11 is 0. The molecule has 1 amide bonds. The predicted octanol–water partition coefficient (Wildman–Crippen LogP) is 17.4. The molecule has 1 rings (SSSR count). The number of carbonyl (C=O) groups excluding carboxylic acids is 1. The van der Waals surface area contributed by atoms with Gasteiger partial charge in [0.25, 0.3) is 0 Å². The molecule has 0 aliphatic carbocycles. The summed E-state index contributed by atoms with van der Waals surface area (Å²) in [4.78, 5) is 13.2.